The van der Waals surface area contributed by atoms with E-state index >= 15 is 0 Å². The van der Waals surface area contributed by atoms with Crippen LogP contribution >= 0.6 is 0 Å². The number of pyridine rings is 2. The average Bonchev–Trinajstić information content (AvgIpc) is 3.19. The minimum absolute atomic E-state index is 0.185. The molecule has 1 aliphatic heterocycles. The van der Waals surface area contributed by atoms with Crippen LogP contribution in [0.5, 0.6) is 0 Å². The number of anilines is 1. The van der Waals surface area contributed by atoms with Crippen molar-refractivity contribution in [2.45, 2.75) is 18.8 Å². The number of hydrogen-bond donors (Lipinski definition) is 1. The van der Waals surface area contributed by atoms with Gasteiger partial charge in [0.1, 0.15) is 5.69 Å². The second-order valence-electron chi connectivity index (χ2n) is 6.19. The van der Waals surface area contributed by atoms with Crippen LogP contribution in [-0.2, 0) is 0 Å². The van der Waals surface area contributed by atoms with Crippen LogP contribution in [0.25, 0.3) is 11.5 Å². The van der Waals surface area contributed by atoms with Gasteiger partial charge in [0.05, 0.1) is 17.4 Å². The molecule has 3 aromatic rings. The molecule has 4 heterocycles. The Morgan fingerprint density at radius 1 is 1.19 bits per heavy atom. The molecule has 0 aliphatic carbocycles. The van der Waals surface area contributed by atoms with Crippen LogP contribution in [0.3, 0.4) is 0 Å². The van der Waals surface area contributed by atoms with Crippen LogP contribution in [0.15, 0.2) is 47.4 Å². The number of carbonyl (C=O) groups is 1. The maximum Gasteiger partial charge on any atom is 0.250 e. The Bertz CT molecular complexity index is 903. The lowest BCUT2D eigenvalue weighted by Gasteiger charge is -2.32. The molecule has 0 spiro atoms. The molecule has 1 fully saturated rings. The van der Waals surface area contributed by atoms with Gasteiger partial charge in [0.2, 0.25) is 11.7 Å². The summed E-state index contributed by atoms with van der Waals surface area (Å²) >= 11 is 0. The topological polar surface area (TPSA) is 111 Å². The molecule has 0 atom stereocenters. The van der Waals surface area contributed by atoms with Gasteiger partial charge in [-0.15, -0.1) is 0 Å². The first-order chi connectivity index (χ1) is 12.7. The van der Waals surface area contributed by atoms with Gasteiger partial charge >= 0.3 is 0 Å². The molecule has 0 aromatic carbocycles. The van der Waals surface area contributed by atoms with Gasteiger partial charge in [-0.3, -0.25) is 14.8 Å². The van der Waals surface area contributed by atoms with E-state index in [0.29, 0.717) is 23.0 Å². The van der Waals surface area contributed by atoms with Crippen LogP contribution in [0.4, 0.5) is 5.69 Å². The Hall–Kier alpha value is -3.29. The summed E-state index contributed by atoms with van der Waals surface area (Å²) in [7, 11) is 0. The van der Waals surface area contributed by atoms with E-state index in [1.54, 1.807) is 24.7 Å². The van der Waals surface area contributed by atoms with E-state index in [-0.39, 0.29) is 5.92 Å². The Morgan fingerprint density at radius 3 is 2.77 bits per heavy atom. The molecule has 8 nitrogen and oxygen atoms in total. The molecule has 4 rings (SSSR count). The number of hydrogen-bond acceptors (Lipinski definition) is 7. The summed E-state index contributed by atoms with van der Waals surface area (Å²) in [5, 5.41) is 4.04. The zero-order chi connectivity index (χ0) is 17.9. The number of piperidine rings is 1. The van der Waals surface area contributed by atoms with E-state index in [9.17, 15) is 4.79 Å². The van der Waals surface area contributed by atoms with Crippen LogP contribution < -0.4 is 10.6 Å². The predicted molar refractivity (Wildman–Crippen MR) is 94.5 cm³/mol. The SMILES string of the molecule is NC(=O)c1ccncc1N1CCC(c2nc(-c3ccccn3)no2)CC1. The first kappa shape index (κ1) is 16.2. The summed E-state index contributed by atoms with van der Waals surface area (Å²) in [6.45, 7) is 1.52. The van der Waals surface area contributed by atoms with Gasteiger partial charge < -0.3 is 15.2 Å². The zero-order valence-electron chi connectivity index (χ0n) is 14.1. The maximum absolute atomic E-state index is 11.6. The molecule has 0 radical (unpaired) electrons. The van der Waals surface area contributed by atoms with E-state index in [4.69, 9.17) is 10.3 Å². The summed E-state index contributed by atoms with van der Waals surface area (Å²) in [4.78, 5) is 26.6. The second-order valence-corrected chi connectivity index (χ2v) is 6.19. The van der Waals surface area contributed by atoms with E-state index in [2.05, 4.69) is 25.0 Å². The number of nitrogens with zero attached hydrogens (tertiary/aromatic N) is 5. The third-order valence-corrected chi connectivity index (χ3v) is 4.59. The van der Waals surface area contributed by atoms with Crippen molar-refractivity contribution in [3.63, 3.8) is 0 Å². The summed E-state index contributed by atoms with van der Waals surface area (Å²) in [6.07, 6.45) is 6.65. The number of primary amides is 1. The number of rotatable bonds is 4. The molecule has 1 saturated heterocycles. The van der Waals surface area contributed by atoms with Gasteiger partial charge in [-0.05, 0) is 31.0 Å². The highest BCUT2D eigenvalue weighted by molar-refractivity contribution is 5.98. The van der Waals surface area contributed by atoms with E-state index < -0.39 is 5.91 Å². The van der Waals surface area contributed by atoms with Gasteiger partial charge in [-0.25, -0.2) is 0 Å². The van der Waals surface area contributed by atoms with Crippen molar-refractivity contribution in [1.82, 2.24) is 20.1 Å². The molecule has 1 amide bonds. The molecule has 26 heavy (non-hydrogen) atoms. The number of carbonyl (C=O) groups excluding carboxylic acids is 1. The third-order valence-electron chi connectivity index (χ3n) is 4.59. The molecular formula is C18H18N6O2. The lowest BCUT2D eigenvalue weighted by molar-refractivity contribution is 0.100. The van der Waals surface area contributed by atoms with Crippen LogP contribution in [0, 0.1) is 0 Å². The fourth-order valence-electron chi connectivity index (χ4n) is 3.21. The third kappa shape index (κ3) is 3.13. The number of amides is 1. The predicted octanol–water partition coefficient (Wildman–Crippen LogP) is 2.01. The minimum atomic E-state index is -0.443. The molecule has 0 saturated carbocycles. The zero-order valence-corrected chi connectivity index (χ0v) is 14.1. The van der Waals surface area contributed by atoms with Crippen molar-refractivity contribution < 1.29 is 9.32 Å². The van der Waals surface area contributed by atoms with Crippen molar-refractivity contribution >= 4 is 11.6 Å². The maximum atomic E-state index is 11.6. The van der Waals surface area contributed by atoms with Crippen molar-refractivity contribution in [1.29, 1.82) is 0 Å². The van der Waals surface area contributed by atoms with Crippen molar-refractivity contribution in [3.8, 4) is 11.5 Å². The van der Waals surface area contributed by atoms with Crippen molar-refractivity contribution in [3.05, 3.63) is 54.3 Å². The quantitative estimate of drug-likeness (QED) is 0.766. The lowest BCUT2D eigenvalue weighted by Crippen LogP contribution is -2.34. The van der Waals surface area contributed by atoms with Gasteiger partial charge in [0.15, 0.2) is 0 Å². The highest BCUT2D eigenvalue weighted by atomic mass is 16.5. The largest absolute Gasteiger partial charge is 0.370 e. The fraction of sp³-hybridized carbons (Fsp3) is 0.278. The first-order valence-electron chi connectivity index (χ1n) is 8.46. The Balaban J connectivity index is 1.46. The molecule has 3 aromatic heterocycles. The normalized spacial score (nSPS) is 15.2. The van der Waals surface area contributed by atoms with Crippen LogP contribution in [-0.4, -0.2) is 39.1 Å². The van der Waals surface area contributed by atoms with Gasteiger partial charge in [-0.2, -0.15) is 4.98 Å². The fourth-order valence-corrected chi connectivity index (χ4v) is 3.21. The smallest absolute Gasteiger partial charge is 0.250 e. The highest BCUT2D eigenvalue weighted by Gasteiger charge is 2.27. The molecule has 8 heteroatoms. The summed E-state index contributed by atoms with van der Waals surface area (Å²) in [5.74, 6) is 0.879. The second kappa shape index (κ2) is 6.91. The summed E-state index contributed by atoms with van der Waals surface area (Å²) in [5.41, 5.74) is 7.43. The van der Waals surface area contributed by atoms with Gasteiger partial charge in [0, 0.05) is 31.4 Å². The minimum Gasteiger partial charge on any atom is -0.370 e. The molecule has 0 bridgehead atoms. The van der Waals surface area contributed by atoms with Crippen molar-refractivity contribution in [2.24, 2.45) is 5.73 Å². The molecule has 1 aliphatic rings. The Kier molecular flexibility index (Phi) is 4.30. The Morgan fingerprint density at radius 2 is 2.04 bits per heavy atom. The average molecular weight is 350 g/mol. The standard InChI is InChI=1S/C18H18N6O2/c19-16(25)13-4-8-20-11-15(13)24-9-5-12(6-10-24)18-22-17(23-26-18)14-3-1-2-7-21-14/h1-4,7-8,11-12H,5-6,9-10H2,(H2,19,25). The van der Waals surface area contributed by atoms with Crippen LogP contribution in [0.2, 0.25) is 0 Å². The van der Waals surface area contributed by atoms with E-state index in [1.165, 1.54) is 0 Å². The molecular weight excluding hydrogens is 332 g/mol. The van der Waals surface area contributed by atoms with E-state index in [1.807, 2.05) is 18.2 Å². The van der Waals surface area contributed by atoms with E-state index in [0.717, 1.165) is 31.6 Å². The summed E-state index contributed by atoms with van der Waals surface area (Å²) < 4.78 is 5.46. The monoisotopic (exact) mass is 350 g/mol. The molecule has 0 unspecified atom stereocenters. The summed E-state index contributed by atoms with van der Waals surface area (Å²) in [6, 6.07) is 7.24. The van der Waals surface area contributed by atoms with Crippen molar-refractivity contribution in [2.75, 3.05) is 18.0 Å². The molecule has 132 valence electrons. The Labute approximate surface area is 150 Å². The lowest BCUT2D eigenvalue weighted by atomic mass is 9.96. The van der Waals surface area contributed by atoms with Gasteiger partial charge in [-0.1, -0.05) is 11.2 Å². The highest BCUT2D eigenvalue weighted by Crippen LogP contribution is 2.31. The van der Waals surface area contributed by atoms with Crippen LogP contribution in [0.1, 0.15) is 35.0 Å². The number of aromatic nitrogens is 4. The number of nitrogens with two attached hydrogens (primary N) is 1. The molecule has 2 N–H and O–H groups in total. The first-order valence-corrected chi connectivity index (χ1v) is 8.46. The van der Waals surface area contributed by atoms with Gasteiger partial charge in [0.25, 0.3) is 5.91 Å².